The Labute approximate surface area is 184 Å². The molecule has 3 N–H and O–H groups in total. The molecule has 0 aliphatic carbocycles. The number of carbonyl (C=O) groups excluding carboxylic acids is 1. The molecular weight excluding hydrogens is 465 g/mol. The normalized spacial score (nSPS) is 11.2. The molecule has 1 amide bonds. The zero-order valence-electron chi connectivity index (χ0n) is 14.6. The Morgan fingerprint density at radius 1 is 1.21 bits per heavy atom. The number of nitrogens with two attached hydrogens (primary N) is 1. The van der Waals surface area contributed by atoms with Crippen LogP contribution in [0.4, 0.5) is 10.1 Å². The van der Waals surface area contributed by atoms with E-state index in [0.717, 1.165) is 0 Å². The van der Waals surface area contributed by atoms with E-state index in [4.69, 9.17) is 52.1 Å². The van der Waals surface area contributed by atoms with Gasteiger partial charge < -0.3 is 5.73 Å². The number of halogens is 5. The summed E-state index contributed by atoms with van der Waals surface area (Å²) < 4.78 is 14.5. The number of amides is 1. The standard InChI is InChI=1S/C17H11Cl4FN6O/c1-7-10(16(21)28(27-7)9-4-2-8(22)3-5-9)6-24-26-17(29)14-11(18)13(23)12(19)15(20)25-14/h2-6H,1H3,(H2,23,25)(H,26,29). The first-order valence-electron chi connectivity index (χ1n) is 7.85. The molecule has 2 heterocycles. The van der Waals surface area contributed by atoms with E-state index in [2.05, 4.69) is 20.6 Å². The Bertz CT molecular complexity index is 1130. The van der Waals surface area contributed by atoms with Gasteiger partial charge in [0.2, 0.25) is 0 Å². The van der Waals surface area contributed by atoms with Gasteiger partial charge in [0.1, 0.15) is 16.0 Å². The second-order valence-corrected chi connectivity index (χ2v) is 7.14. The number of anilines is 1. The lowest BCUT2D eigenvalue weighted by Gasteiger charge is -2.07. The van der Waals surface area contributed by atoms with Crippen molar-refractivity contribution in [3.05, 3.63) is 67.4 Å². The number of nitrogens with one attached hydrogen (secondary N) is 1. The van der Waals surface area contributed by atoms with Gasteiger partial charge >= 0.3 is 0 Å². The van der Waals surface area contributed by atoms with Crippen LogP contribution >= 0.6 is 46.4 Å². The zero-order valence-corrected chi connectivity index (χ0v) is 17.6. The summed E-state index contributed by atoms with van der Waals surface area (Å²) in [6.07, 6.45) is 1.30. The van der Waals surface area contributed by atoms with Crippen molar-refractivity contribution >= 4 is 64.2 Å². The molecule has 150 valence electrons. The molecule has 2 aromatic heterocycles. The van der Waals surface area contributed by atoms with Gasteiger partial charge in [-0.05, 0) is 31.2 Å². The molecule has 0 unspecified atom stereocenters. The van der Waals surface area contributed by atoms with Crippen LogP contribution in [-0.2, 0) is 0 Å². The Balaban J connectivity index is 1.83. The van der Waals surface area contributed by atoms with Crippen molar-refractivity contribution in [2.45, 2.75) is 6.92 Å². The van der Waals surface area contributed by atoms with E-state index in [1.54, 1.807) is 6.92 Å². The molecule has 0 bridgehead atoms. The van der Waals surface area contributed by atoms with Crippen molar-refractivity contribution in [2.24, 2.45) is 5.10 Å². The summed E-state index contributed by atoms with van der Waals surface area (Å²) in [4.78, 5) is 16.1. The molecule has 0 radical (unpaired) electrons. The van der Waals surface area contributed by atoms with Crippen LogP contribution in [0.1, 0.15) is 21.7 Å². The maximum absolute atomic E-state index is 13.1. The highest BCUT2D eigenvalue weighted by Gasteiger charge is 2.19. The van der Waals surface area contributed by atoms with Gasteiger partial charge in [0.05, 0.1) is 33.9 Å². The molecule has 0 aliphatic rings. The van der Waals surface area contributed by atoms with Crippen molar-refractivity contribution < 1.29 is 9.18 Å². The van der Waals surface area contributed by atoms with Crippen LogP contribution in [0, 0.1) is 12.7 Å². The predicted octanol–water partition coefficient (Wildman–Crippen LogP) is 4.67. The average Bonchev–Trinajstić information content (AvgIpc) is 2.97. The Kier molecular flexibility index (Phi) is 6.28. The molecule has 1 aromatic carbocycles. The largest absolute Gasteiger partial charge is 0.396 e. The minimum atomic E-state index is -0.754. The number of nitrogens with zero attached hydrogens (tertiary/aromatic N) is 4. The van der Waals surface area contributed by atoms with Crippen LogP contribution in [0.5, 0.6) is 0 Å². The molecule has 0 spiro atoms. The highest BCUT2D eigenvalue weighted by Crippen LogP contribution is 2.34. The van der Waals surface area contributed by atoms with Crippen LogP contribution in [0.25, 0.3) is 5.69 Å². The van der Waals surface area contributed by atoms with Crippen LogP contribution in [0.3, 0.4) is 0 Å². The fourth-order valence-corrected chi connectivity index (χ4v) is 3.22. The monoisotopic (exact) mass is 474 g/mol. The first-order chi connectivity index (χ1) is 13.7. The number of aromatic nitrogens is 3. The summed E-state index contributed by atoms with van der Waals surface area (Å²) in [6.45, 7) is 1.70. The molecular formula is C17H11Cl4FN6O. The number of hydrazone groups is 1. The number of hydrogen-bond donors (Lipinski definition) is 2. The number of nitrogen functional groups attached to an aromatic ring is 1. The van der Waals surface area contributed by atoms with Crippen LogP contribution in [0.15, 0.2) is 29.4 Å². The van der Waals surface area contributed by atoms with Gasteiger partial charge in [0, 0.05) is 0 Å². The summed E-state index contributed by atoms with van der Waals surface area (Å²) in [7, 11) is 0. The molecule has 7 nitrogen and oxygen atoms in total. The van der Waals surface area contributed by atoms with E-state index < -0.39 is 5.91 Å². The van der Waals surface area contributed by atoms with E-state index in [1.165, 1.54) is 35.2 Å². The Hall–Kier alpha value is -2.39. The molecule has 0 saturated carbocycles. The molecule has 0 aliphatic heterocycles. The summed E-state index contributed by atoms with van der Waals surface area (Å²) in [5.74, 6) is -1.13. The second kappa shape index (κ2) is 8.54. The lowest BCUT2D eigenvalue weighted by Crippen LogP contribution is -2.20. The Morgan fingerprint density at radius 3 is 2.52 bits per heavy atom. The van der Waals surface area contributed by atoms with Gasteiger partial charge in [0.25, 0.3) is 5.91 Å². The zero-order chi connectivity index (χ0) is 21.3. The van der Waals surface area contributed by atoms with Gasteiger partial charge in [0.15, 0.2) is 10.8 Å². The van der Waals surface area contributed by atoms with Gasteiger partial charge in [-0.15, -0.1) is 0 Å². The molecule has 12 heteroatoms. The summed E-state index contributed by atoms with van der Waals surface area (Å²) >= 11 is 24.0. The number of rotatable bonds is 4. The van der Waals surface area contributed by atoms with Gasteiger partial charge in [-0.25, -0.2) is 19.5 Å². The van der Waals surface area contributed by atoms with Gasteiger partial charge in [-0.2, -0.15) is 10.2 Å². The molecule has 3 rings (SSSR count). The smallest absolute Gasteiger partial charge is 0.291 e. The lowest BCUT2D eigenvalue weighted by atomic mass is 10.3. The van der Waals surface area contributed by atoms with Crippen molar-refractivity contribution in [2.75, 3.05) is 5.73 Å². The topological polar surface area (TPSA) is 98.2 Å². The number of aryl methyl sites for hydroxylation is 1. The van der Waals surface area contributed by atoms with E-state index in [0.29, 0.717) is 16.9 Å². The molecule has 0 fully saturated rings. The number of benzene rings is 1. The van der Waals surface area contributed by atoms with E-state index in [-0.39, 0.29) is 37.6 Å². The van der Waals surface area contributed by atoms with E-state index >= 15 is 0 Å². The lowest BCUT2D eigenvalue weighted by molar-refractivity contribution is 0.0950. The van der Waals surface area contributed by atoms with Crippen molar-refractivity contribution in [3.63, 3.8) is 0 Å². The minimum Gasteiger partial charge on any atom is -0.396 e. The number of pyridine rings is 1. The highest BCUT2D eigenvalue weighted by molar-refractivity contribution is 6.46. The van der Waals surface area contributed by atoms with E-state index in [1.807, 2.05) is 0 Å². The van der Waals surface area contributed by atoms with Crippen molar-refractivity contribution in [1.82, 2.24) is 20.2 Å². The summed E-state index contributed by atoms with van der Waals surface area (Å²) in [5.41, 5.74) is 9.18. The Morgan fingerprint density at radius 2 is 1.86 bits per heavy atom. The highest BCUT2D eigenvalue weighted by atomic mass is 35.5. The van der Waals surface area contributed by atoms with E-state index in [9.17, 15) is 9.18 Å². The maximum atomic E-state index is 13.1. The first-order valence-corrected chi connectivity index (χ1v) is 9.36. The predicted molar refractivity (Wildman–Crippen MR) is 112 cm³/mol. The first kappa shape index (κ1) is 21.3. The van der Waals surface area contributed by atoms with Crippen LogP contribution < -0.4 is 11.2 Å². The maximum Gasteiger partial charge on any atom is 0.291 e. The average molecular weight is 476 g/mol. The minimum absolute atomic E-state index is 0.0488. The third-order valence-electron chi connectivity index (χ3n) is 3.77. The van der Waals surface area contributed by atoms with Crippen LogP contribution in [-0.4, -0.2) is 26.9 Å². The third kappa shape index (κ3) is 4.30. The van der Waals surface area contributed by atoms with Crippen LogP contribution in [0.2, 0.25) is 20.4 Å². The van der Waals surface area contributed by atoms with Gasteiger partial charge in [-0.1, -0.05) is 46.4 Å². The van der Waals surface area contributed by atoms with Crippen molar-refractivity contribution in [1.29, 1.82) is 0 Å². The van der Waals surface area contributed by atoms with Crippen molar-refractivity contribution in [3.8, 4) is 5.69 Å². The third-order valence-corrected chi connectivity index (χ3v) is 5.27. The molecule has 0 atom stereocenters. The number of hydrogen-bond acceptors (Lipinski definition) is 5. The molecule has 29 heavy (non-hydrogen) atoms. The van der Waals surface area contributed by atoms with Gasteiger partial charge in [-0.3, -0.25) is 4.79 Å². The summed E-state index contributed by atoms with van der Waals surface area (Å²) in [6, 6.07) is 5.63. The molecule has 3 aromatic rings. The fraction of sp³-hybridized carbons (Fsp3) is 0.0588. The summed E-state index contributed by atoms with van der Waals surface area (Å²) in [5, 5.41) is 8.00. The molecule has 0 saturated heterocycles. The quantitative estimate of drug-likeness (QED) is 0.325. The fourth-order valence-electron chi connectivity index (χ4n) is 2.30. The number of carbonyl (C=O) groups is 1. The second-order valence-electron chi connectivity index (χ2n) is 5.67. The SMILES string of the molecule is Cc1nn(-c2ccc(F)cc2)c(Cl)c1C=NNC(=O)c1nc(Cl)c(Cl)c(N)c1Cl.